The lowest BCUT2D eigenvalue weighted by Gasteiger charge is -2.13. The minimum absolute atomic E-state index is 0.167. The van der Waals surface area contributed by atoms with Crippen molar-refractivity contribution in [1.29, 1.82) is 0 Å². The first kappa shape index (κ1) is 6.79. The molecule has 1 aromatic heterocycles. The van der Waals surface area contributed by atoms with Gasteiger partial charge in [-0.3, -0.25) is 15.0 Å². The van der Waals surface area contributed by atoms with Crippen LogP contribution in [-0.4, -0.2) is 15.0 Å². The maximum absolute atomic E-state index is 4.59. The van der Waals surface area contributed by atoms with Gasteiger partial charge in [0.1, 0.15) is 0 Å². The Bertz CT molecular complexity index is 175. The van der Waals surface area contributed by atoms with E-state index in [4.69, 9.17) is 0 Å². The molecule has 9 heavy (non-hydrogen) atoms. The van der Waals surface area contributed by atoms with Crippen LogP contribution in [0.4, 0.5) is 0 Å². The van der Waals surface area contributed by atoms with E-state index in [1.54, 1.807) is 0 Å². The predicted octanol–water partition coefficient (Wildman–Crippen LogP) is -0.411. The van der Waals surface area contributed by atoms with Crippen LogP contribution in [0.15, 0.2) is 15.5 Å². The van der Waals surface area contributed by atoms with Crippen molar-refractivity contribution in [2.75, 3.05) is 0 Å². The summed E-state index contributed by atoms with van der Waals surface area (Å²) >= 11 is 13.8. The summed E-state index contributed by atoms with van der Waals surface area (Å²) in [5, 5.41) is 0.500. The topological polar surface area (TPSA) is 38.7 Å². The third kappa shape index (κ3) is 1.81. The second kappa shape index (κ2) is 2.51. The van der Waals surface area contributed by atoms with Crippen molar-refractivity contribution in [2.24, 2.45) is 0 Å². The van der Waals surface area contributed by atoms with Crippen molar-refractivity contribution in [3.05, 3.63) is 0 Å². The highest BCUT2D eigenvalue weighted by atomic mass is 32.1. The van der Waals surface area contributed by atoms with Crippen LogP contribution in [0.3, 0.4) is 0 Å². The van der Waals surface area contributed by atoms with Gasteiger partial charge in [0.15, 0.2) is 0 Å². The zero-order valence-electron chi connectivity index (χ0n) is 4.07. The van der Waals surface area contributed by atoms with E-state index in [9.17, 15) is 0 Å². The van der Waals surface area contributed by atoms with Crippen LogP contribution in [-0.2, 0) is 37.9 Å². The van der Waals surface area contributed by atoms with Gasteiger partial charge in [0.05, 0.1) is 0 Å². The Balaban J connectivity index is 3.17. The lowest BCUT2D eigenvalue weighted by atomic mass is 11.1. The Labute approximate surface area is 68.6 Å². The molecule has 0 aliphatic rings. The number of hydrogen-bond acceptors (Lipinski definition) is 6. The SMILES string of the molecule is [S-]c1nc([S-])nc([S-])n1. The van der Waals surface area contributed by atoms with Crippen molar-refractivity contribution >= 4 is 37.9 Å². The Kier molecular flexibility index (Phi) is 1.89. The van der Waals surface area contributed by atoms with Crippen LogP contribution in [0, 0.1) is 0 Å². The Morgan fingerprint density at radius 1 is 0.667 bits per heavy atom. The summed E-state index contributed by atoms with van der Waals surface area (Å²) in [5.41, 5.74) is 0. The van der Waals surface area contributed by atoms with Gasteiger partial charge in [-0.15, -0.1) is 0 Å². The molecular formula is C3N3S3-3. The molecule has 0 amide bonds. The minimum Gasteiger partial charge on any atom is -0.740 e. The van der Waals surface area contributed by atoms with Crippen LogP contribution in [0.1, 0.15) is 0 Å². The molecule has 0 unspecified atom stereocenters. The van der Waals surface area contributed by atoms with Crippen LogP contribution in [0.5, 0.6) is 0 Å². The fraction of sp³-hybridized carbons (Fsp3) is 0. The summed E-state index contributed by atoms with van der Waals surface area (Å²) < 4.78 is 0. The van der Waals surface area contributed by atoms with Crippen LogP contribution < -0.4 is 0 Å². The molecule has 0 aromatic carbocycles. The molecule has 0 fully saturated rings. The molecule has 3 nitrogen and oxygen atoms in total. The Hall–Kier alpha value is -0.330. The maximum atomic E-state index is 4.59. The number of aromatic nitrogens is 3. The van der Waals surface area contributed by atoms with Crippen molar-refractivity contribution < 1.29 is 0 Å². The van der Waals surface area contributed by atoms with Gasteiger partial charge in [-0.1, -0.05) is 0 Å². The van der Waals surface area contributed by atoms with E-state index in [0.717, 1.165) is 0 Å². The lowest BCUT2D eigenvalue weighted by Crippen LogP contribution is -1.95. The third-order valence-corrected chi connectivity index (χ3v) is 1.12. The minimum atomic E-state index is 0.167. The van der Waals surface area contributed by atoms with Crippen LogP contribution in [0.25, 0.3) is 0 Å². The number of rotatable bonds is 0. The van der Waals surface area contributed by atoms with E-state index in [1.165, 1.54) is 0 Å². The molecule has 0 saturated carbocycles. The summed E-state index contributed by atoms with van der Waals surface area (Å²) in [7, 11) is 0. The molecular weight excluding hydrogens is 174 g/mol. The molecule has 6 heteroatoms. The van der Waals surface area contributed by atoms with Gasteiger partial charge in [-0.25, -0.2) is 0 Å². The smallest absolute Gasteiger partial charge is 0.00709 e. The monoisotopic (exact) mass is 174 g/mol. The molecule has 1 rings (SSSR count). The van der Waals surface area contributed by atoms with Gasteiger partial charge in [0.25, 0.3) is 0 Å². The summed E-state index contributed by atoms with van der Waals surface area (Å²) in [6.07, 6.45) is 0. The molecule has 0 aliphatic carbocycles. The highest BCUT2D eigenvalue weighted by Crippen LogP contribution is 1.91. The van der Waals surface area contributed by atoms with Crippen molar-refractivity contribution in [3.63, 3.8) is 0 Å². The van der Waals surface area contributed by atoms with E-state index >= 15 is 0 Å². The fourth-order valence-corrected chi connectivity index (χ4v) is 1.01. The largest absolute Gasteiger partial charge is 0.740 e. The van der Waals surface area contributed by atoms with Crippen molar-refractivity contribution in [1.82, 2.24) is 15.0 Å². The molecule has 48 valence electrons. The summed E-state index contributed by atoms with van der Waals surface area (Å²) in [6.45, 7) is 0. The number of nitrogens with zero attached hydrogens (tertiary/aromatic N) is 3. The Morgan fingerprint density at radius 3 is 1.11 bits per heavy atom. The molecule has 0 aliphatic heterocycles. The first-order valence-electron chi connectivity index (χ1n) is 1.95. The second-order valence-corrected chi connectivity index (χ2v) is 2.28. The average molecular weight is 174 g/mol. The first-order valence-corrected chi connectivity index (χ1v) is 3.18. The first-order chi connectivity index (χ1) is 4.18. The highest BCUT2D eigenvalue weighted by molar-refractivity contribution is 7.59. The normalized spacial score (nSPS) is 9.33. The van der Waals surface area contributed by atoms with E-state index in [2.05, 4.69) is 52.8 Å². The fourth-order valence-electron chi connectivity index (χ4n) is 0.320. The average Bonchev–Trinajstić information content (AvgIpc) is 1.59. The van der Waals surface area contributed by atoms with Gasteiger partial charge in [-0.2, -0.15) is 0 Å². The summed E-state index contributed by atoms with van der Waals surface area (Å²) in [5.74, 6) is 0. The molecule has 1 heterocycles. The molecule has 1 aromatic rings. The lowest BCUT2D eigenvalue weighted by molar-refractivity contribution is 0.723. The van der Waals surface area contributed by atoms with Gasteiger partial charge >= 0.3 is 0 Å². The van der Waals surface area contributed by atoms with Crippen molar-refractivity contribution in [3.8, 4) is 0 Å². The van der Waals surface area contributed by atoms with Gasteiger partial charge < -0.3 is 37.9 Å². The van der Waals surface area contributed by atoms with Crippen LogP contribution >= 0.6 is 0 Å². The second-order valence-electron chi connectivity index (χ2n) is 1.18. The van der Waals surface area contributed by atoms with Crippen molar-refractivity contribution in [2.45, 2.75) is 15.5 Å². The van der Waals surface area contributed by atoms with Gasteiger partial charge in [0.2, 0.25) is 0 Å². The maximum Gasteiger partial charge on any atom is 0.00709 e. The predicted molar refractivity (Wildman–Crippen MR) is 36.7 cm³/mol. The van der Waals surface area contributed by atoms with Gasteiger partial charge in [-0.05, 0) is 0 Å². The van der Waals surface area contributed by atoms with E-state index < -0.39 is 0 Å². The van der Waals surface area contributed by atoms with Gasteiger partial charge in [0, 0.05) is 15.5 Å². The zero-order chi connectivity index (χ0) is 6.85. The standard InChI is InChI=1S/C3H3N3S3/c7-1-4-2(8)6-3(9)5-1/h(H3,4,5,6,7,8,9)/p-3. The molecule has 0 radical (unpaired) electrons. The summed E-state index contributed by atoms with van der Waals surface area (Å²) in [4.78, 5) is 10.7. The highest BCUT2D eigenvalue weighted by Gasteiger charge is 1.74. The molecule has 0 atom stereocenters. The van der Waals surface area contributed by atoms with E-state index in [-0.39, 0.29) is 15.5 Å². The van der Waals surface area contributed by atoms with Crippen LogP contribution in [0.2, 0.25) is 0 Å². The molecule has 0 N–H and O–H groups in total. The molecule has 0 saturated heterocycles. The number of hydrogen-bond donors (Lipinski definition) is 0. The zero-order valence-corrected chi connectivity index (χ0v) is 6.52. The molecule has 0 bridgehead atoms. The molecule has 0 spiro atoms. The third-order valence-electron chi connectivity index (χ3n) is 0.574. The Morgan fingerprint density at radius 2 is 0.889 bits per heavy atom. The summed E-state index contributed by atoms with van der Waals surface area (Å²) in [6, 6.07) is 0. The van der Waals surface area contributed by atoms with E-state index in [0.29, 0.717) is 0 Å². The van der Waals surface area contributed by atoms with E-state index in [1.807, 2.05) is 0 Å². The quantitative estimate of drug-likeness (QED) is 0.498.